The number of aromatic nitrogens is 1. The minimum Gasteiger partial charge on any atom is -0.326 e. The molecule has 1 aromatic rings. The second-order valence-corrected chi connectivity index (χ2v) is 3.41. The third-order valence-electron chi connectivity index (χ3n) is 1.46. The van der Waals surface area contributed by atoms with Crippen molar-refractivity contribution in [1.82, 2.24) is 4.98 Å². The number of nitrogens with zero attached hydrogens (tertiary/aromatic N) is 1. The Kier molecular flexibility index (Phi) is 3.12. The molecular weight excluding hydrogens is 296 g/mol. The molecule has 0 aliphatic rings. The van der Waals surface area contributed by atoms with Crippen molar-refractivity contribution in [1.29, 1.82) is 0 Å². The largest absolute Gasteiger partial charge is 0.434 e. The molecule has 0 aliphatic carbocycles. The van der Waals surface area contributed by atoms with Crippen LogP contribution in [0.25, 0.3) is 0 Å². The van der Waals surface area contributed by atoms with Gasteiger partial charge in [-0.2, -0.15) is 13.2 Å². The Morgan fingerprint density at radius 2 is 2.08 bits per heavy atom. The monoisotopic (exact) mass is 302 g/mol. The van der Waals surface area contributed by atoms with Crippen LogP contribution < -0.4 is 5.73 Å². The second-order valence-electron chi connectivity index (χ2n) is 2.33. The van der Waals surface area contributed by atoms with Crippen LogP contribution in [0.5, 0.6) is 0 Å². The van der Waals surface area contributed by atoms with Gasteiger partial charge >= 0.3 is 6.18 Å². The van der Waals surface area contributed by atoms with Gasteiger partial charge in [-0.05, 0) is 34.2 Å². The number of hydrogen-bond donors (Lipinski definition) is 1. The lowest BCUT2D eigenvalue weighted by molar-refractivity contribution is -0.141. The summed E-state index contributed by atoms with van der Waals surface area (Å²) in [6.45, 7) is 0.0872. The van der Waals surface area contributed by atoms with Gasteiger partial charge in [0, 0.05) is 16.3 Å². The van der Waals surface area contributed by atoms with E-state index in [0.29, 0.717) is 5.56 Å². The SMILES string of the molecule is NCc1ccnc(C(F)(F)F)c1I. The highest BCUT2D eigenvalue weighted by Gasteiger charge is 2.35. The second kappa shape index (κ2) is 3.79. The fourth-order valence-corrected chi connectivity index (χ4v) is 1.68. The number of halogens is 4. The Morgan fingerprint density at radius 1 is 1.46 bits per heavy atom. The fourth-order valence-electron chi connectivity index (χ4n) is 0.839. The maximum absolute atomic E-state index is 12.3. The van der Waals surface area contributed by atoms with Crippen LogP contribution in [-0.2, 0) is 12.7 Å². The number of pyridine rings is 1. The van der Waals surface area contributed by atoms with Crippen molar-refractivity contribution in [2.75, 3.05) is 0 Å². The summed E-state index contributed by atoms with van der Waals surface area (Å²) in [5.74, 6) is 0. The van der Waals surface area contributed by atoms with E-state index in [1.54, 1.807) is 22.6 Å². The molecule has 0 saturated heterocycles. The van der Waals surface area contributed by atoms with Gasteiger partial charge in [0.25, 0.3) is 0 Å². The van der Waals surface area contributed by atoms with Gasteiger partial charge in [-0.1, -0.05) is 0 Å². The zero-order valence-electron chi connectivity index (χ0n) is 6.40. The normalized spacial score (nSPS) is 11.8. The molecule has 0 spiro atoms. The van der Waals surface area contributed by atoms with Gasteiger partial charge in [0.2, 0.25) is 0 Å². The summed E-state index contributed by atoms with van der Waals surface area (Å²) in [5, 5.41) is 0. The predicted molar refractivity (Wildman–Crippen MR) is 49.8 cm³/mol. The fraction of sp³-hybridized carbons (Fsp3) is 0.286. The molecule has 0 radical (unpaired) electrons. The topological polar surface area (TPSA) is 38.9 Å². The minimum atomic E-state index is -4.40. The Morgan fingerprint density at radius 3 is 2.54 bits per heavy atom. The van der Waals surface area contributed by atoms with E-state index in [1.165, 1.54) is 6.07 Å². The highest BCUT2D eigenvalue weighted by molar-refractivity contribution is 14.1. The minimum absolute atomic E-state index is 0.0788. The van der Waals surface area contributed by atoms with Gasteiger partial charge in [-0.15, -0.1) is 0 Å². The molecular formula is C7H6F3IN2. The third kappa shape index (κ3) is 2.31. The van der Waals surface area contributed by atoms with Crippen molar-refractivity contribution in [3.05, 3.63) is 27.1 Å². The molecule has 0 aromatic carbocycles. The van der Waals surface area contributed by atoms with Crippen LogP contribution in [0.1, 0.15) is 11.3 Å². The molecule has 72 valence electrons. The van der Waals surface area contributed by atoms with Gasteiger partial charge in [-0.3, -0.25) is 4.98 Å². The van der Waals surface area contributed by atoms with Gasteiger partial charge < -0.3 is 5.73 Å². The van der Waals surface area contributed by atoms with E-state index in [-0.39, 0.29) is 10.1 Å². The number of rotatable bonds is 1. The zero-order chi connectivity index (χ0) is 10.1. The highest BCUT2D eigenvalue weighted by atomic mass is 127. The molecule has 0 aliphatic heterocycles. The van der Waals surface area contributed by atoms with Crippen molar-refractivity contribution >= 4 is 22.6 Å². The Bertz CT molecular complexity index is 311. The van der Waals surface area contributed by atoms with Crippen LogP contribution in [-0.4, -0.2) is 4.98 Å². The third-order valence-corrected chi connectivity index (χ3v) is 2.66. The Labute approximate surface area is 86.5 Å². The molecule has 2 N–H and O–H groups in total. The van der Waals surface area contributed by atoms with Crippen LogP contribution in [0.15, 0.2) is 12.3 Å². The molecule has 0 unspecified atom stereocenters. The van der Waals surface area contributed by atoms with E-state index in [4.69, 9.17) is 5.73 Å². The average Bonchev–Trinajstić information content (AvgIpc) is 2.02. The molecule has 0 fully saturated rings. The van der Waals surface area contributed by atoms with E-state index >= 15 is 0 Å². The molecule has 6 heteroatoms. The maximum Gasteiger partial charge on any atom is 0.434 e. The molecule has 0 saturated carbocycles. The van der Waals surface area contributed by atoms with Crippen molar-refractivity contribution in [2.45, 2.75) is 12.7 Å². The molecule has 0 atom stereocenters. The summed E-state index contributed by atoms with van der Waals surface area (Å²) in [4.78, 5) is 3.27. The molecule has 2 nitrogen and oxygen atoms in total. The molecule has 1 rings (SSSR count). The van der Waals surface area contributed by atoms with Crippen molar-refractivity contribution in [3.8, 4) is 0 Å². The quantitative estimate of drug-likeness (QED) is 0.808. The van der Waals surface area contributed by atoms with E-state index in [2.05, 4.69) is 4.98 Å². The summed E-state index contributed by atoms with van der Waals surface area (Å²) in [7, 11) is 0. The number of nitrogens with two attached hydrogens (primary N) is 1. The van der Waals surface area contributed by atoms with Crippen molar-refractivity contribution in [3.63, 3.8) is 0 Å². The first-order valence-electron chi connectivity index (χ1n) is 3.37. The van der Waals surface area contributed by atoms with Crippen LogP contribution in [0.3, 0.4) is 0 Å². The van der Waals surface area contributed by atoms with Crippen molar-refractivity contribution < 1.29 is 13.2 Å². The summed E-state index contributed by atoms with van der Waals surface area (Å²) in [6.07, 6.45) is -3.28. The van der Waals surface area contributed by atoms with Crippen molar-refractivity contribution in [2.24, 2.45) is 5.73 Å². The van der Waals surface area contributed by atoms with Crippen LogP contribution >= 0.6 is 22.6 Å². The summed E-state index contributed by atoms with van der Waals surface area (Å²) in [6, 6.07) is 1.48. The number of alkyl halides is 3. The molecule has 0 bridgehead atoms. The van der Waals surface area contributed by atoms with Gasteiger partial charge in [-0.25, -0.2) is 0 Å². The first-order chi connectivity index (χ1) is 5.96. The predicted octanol–water partition coefficient (Wildman–Crippen LogP) is 2.16. The zero-order valence-corrected chi connectivity index (χ0v) is 8.56. The van der Waals surface area contributed by atoms with Crippen LogP contribution in [0, 0.1) is 3.57 Å². The molecule has 1 heterocycles. The first-order valence-corrected chi connectivity index (χ1v) is 4.45. The van der Waals surface area contributed by atoms with E-state index in [0.717, 1.165) is 6.20 Å². The van der Waals surface area contributed by atoms with Crippen LogP contribution in [0.4, 0.5) is 13.2 Å². The van der Waals surface area contributed by atoms with Gasteiger partial charge in [0.15, 0.2) is 5.69 Å². The average molecular weight is 302 g/mol. The van der Waals surface area contributed by atoms with Gasteiger partial charge in [0.1, 0.15) is 0 Å². The smallest absolute Gasteiger partial charge is 0.326 e. The summed E-state index contributed by atoms with van der Waals surface area (Å²) in [5.41, 5.74) is 4.86. The molecule has 1 aromatic heterocycles. The van der Waals surface area contributed by atoms with E-state index in [9.17, 15) is 13.2 Å². The summed E-state index contributed by atoms with van der Waals surface area (Å²) >= 11 is 1.60. The first kappa shape index (κ1) is 10.7. The maximum atomic E-state index is 12.3. The van der Waals surface area contributed by atoms with E-state index < -0.39 is 11.9 Å². The lowest BCUT2D eigenvalue weighted by atomic mass is 10.2. The highest BCUT2D eigenvalue weighted by Crippen LogP contribution is 2.32. The number of hydrogen-bond acceptors (Lipinski definition) is 2. The van der Waals surface area contributed by atoms with E-state index in [1.807, 2.05) is 0 Å². The lowest BCUT2D eigenvalue weighted by Crippen LogP contribution is -2.13. The molecule has 13 heavy (non-hydrogen) atoms. The Balaban J connectivity index is 3.24. The standard InChI is InChI=1S/C7H6F3IN2/c8-7(9,10)6-5(11)4(3-12)1-2-13-6/h1-2H,3,12H2. The Hall–Kier alpha value is -0.370. The lowest BCUT2D eigenvalue weighted by Gasteiger charge is -2.09. The molecule has 0 amide bonds. The van der Waals surface area contributed by atoms with Gasteiger partial charge in [0.05, 0.1) is 0 Å². The van der Waals surface area contributed by atoms with Crippen LogP contribution in [0.2, 0.25) is 0 Å². The summed E-state index contributed by atoms with van der Waals surface area (Å²) < 4.78 is 36.8.